The van der Waals surface area contributed by atoms with Crippen molar-refractivity contribution in [2.45, 2.75) is 6.92 Å². The highest BCUT2D eigenvalue weighted by Crippen LogP contribution is 2.24. The summed E-state index contributed by atoms with van der Waals surface area (Å²) >= 11 is 0. The largest absolute Gasteiger partial charge is 0.481 e. The highest BCUT2D eigenvalue weighted by molar-refractivity contribution is 5.87. The van der Waals surface area contributed by atoms with Gasteiger partial charge in [0.1, 0.15) is 5.52 Å². The standard InChI is InChI=1S/C15H12N4O/c1-9-14-17-10-5-3-4-6-12(10)19(14)15-11(16-9)7-8-13(18-15)20-2/h3-8H,1-2H3. The number of rotatable bonds is 1. The van der Waals surface area contributed by atoms with E-state index >= 15 is 0 Å². The zero-order chi connectivity index (χ0) is 13.7. The zero-order valence-electron chi connectivity index (χ0n) is 11.2. The van der Waals surface area contributed by atoms with Crippen molar-refractivity contribution in [2.75, 3.05) is 7.11 Å². The van der Waals surface area contributed by atoms with Crippen LogP contribution in [0.3, 0.4) is 0 Å². The molecule has 0 amide bonds. The molecule has 3 heterocycles. The fourth-order valence-corrected chi connectivity index (χ4v) is 2.50. The molecule has 20 heavy (non-hydrogen) atoms. The Morgan fingerprint density at radius 1 is 0.900 bits per heavy atom. The third-order valence-corrected chi connectivity index (χ3v) is 3.42. The lowest BCUT2D eigenvalue weighted by molar-refractivity contribution is 0.399. The van der Waals surface area contributed by atoms with Crippen LogP contribution in [0, 0.1) is 6.92 Å². The average molecular weight is 264 g/mol. The molecular formula is C15H12N4O. The van der Waals surface area contributed by atoms with Crippen LogP contribution < -0.4 is 4.74 Å². The number of para-hydroxylation sites is 2. The van der Waals surface area contributed by atoms with E-state index in [1.165, 1.54) is 0 Å². The third-order valence-electron chi connectivity index (χ3n) is 3.42. The zero-order valence-corrected chi connectivity index (χ0v) is 11.2. The number of imidazole rings is 1. The normalized spacial score (nSPS) is 11.5. The summed E-state index contributed by atoms with van der Waals surface area (Å²) in [6.45, 7) is 1.96. The molecule has 5 nitrogen and oxygen atoms in total. The molecule has 0 aliphatic rings. The molecule has 0 radical (unpaired) electrons. The molecule has 0 saturated heterocycles. The Kier molecular flexibility index (Phi) is 2.18. The number of aromatic nitrogens is 4. The third kappa shape index (κ3) is 1.40. The number of aryl methyl sites for hydroxylation is 1. The first kappa shape index (κ1) is 11.2. The number of fused-ring (bicyclic) bond motifs is 5. The lowest BCUT2D eigenvalue weighted by atomic mass is 10.3. The molecule has 1 aromatic carbocycles. The van der Waals surface area contributed by atoms with E-state index < -0.39 is 0 Å². The minimum absolute atomic E-state index is 0.572. The van der Waals surface area contributed by atoms with E-state index in [2.05, 4.69) is 15.0 Å². The first-order valence-corrected chi connectivity index (χ1v) is 6.36. The summed E-state index contributed by atoms with van der Waals surface area (Å²) < 4.78 is 7.25. The molecule has 98 valence electrons. The summed E-state index contributed by atoms with van der Waals surface area (Å²) in [5.74, 6) is 0.572. The summed E-state index contributed by atoms with van der Waals surface area (Å²) in [4.78, 5) is 13.7. The van der Waals surface area contributed by atoms with Crippen molar-refractivity contribution in [3.8, 4) is 5.88 Å². The Morgan fingerprint density at radius 3 is 2.60 bits per heavy atom. The fourth-order valence-electron chi connectivity index (χ4n) is 2.50. The Balaban J connectivity index is 2.31. The van der Waals surface area contributed by atoms with Gasteiger partial charge in [-0.1, -0.05) is 12.1 Å². The predicted molar refractivity (Wildman–Crippen MR) is 77.1 cm³/mol. The second kappa shape index (κ2) is 3.90. The van der Waals surface area contributed by atoms with Crippen LogP contribution in [0.25, 0.3) is 27.8 Å². The number of benzene rings is 1. The van der Waals surface area contributed by atoms with Crippen LogP contribution in [0.2, 0.25) is 0 Å². The molecule has 0 N–H and O–H groups in total. The summed E-state index contributed by atoms with van der Waals surface area (Å²) in [7, 11) is 1.61. The van der Waals surface area contributed by atoms with Crippen molar-refractivity contribution < 1.29 is 4.74 Å². The van der Waals surface area contributed by atoms with Gasteiger partial charge in [-0.2, -0.15) is 4.98 Å². The van der Waals surface area contributed by atoms with Gasteiger partial charge in [-0.3, -0.25) is 4.40 Å². The van der Waals surface area contributed by atoms with Crippen molar-refractivity contribution in [1.82, 2.24) is 19.4 Å². The van der Waals surface area contributed by atoms with E-state index in [4.69, 9.17) is 4.74 Å². The SMILES string of the molecule is COc1ccc2nc(C)c3nc4ccccc4n3c2n1. The van der Waals surface area contributed by atoms with Gasteiger partial charge < -0.3 is 4.74 Å². The van der Waals surface area contributed by atoms with Gasteiger partial charge in [0, 0.05) is 6.07 Å². The topological polar surface area (TPSA) is 52.3 Å². The number of hydrogen-bond donors (Lipinski definition) is 0. The van der Waals surface area contributed by atoms with E-state index in [0.29, 0.717) is 5.88 Å². The van der Waals surface area contributed by atoms with Crippen LogP contribution in [0.1, 0.15) is 5.69 Å². The van der Waals surface area contributed by atoms with Crippen molar-refractivity contribution in [1.29, 1.82) is 0 Å². The highest BCUT2D eigenvalue weighted by atomic mass is 16.5. The molecule has 4 rings (SSSR count). The molecule has 5 heteroatoms. The number of nitrogens with zero attached hydrogens (tertiary/aromatic N) is 4. The second-order valence-corrected chi connectivity index (χ2v) is 4.65. The summed E-state index contributed by atoms with van der Waals surface area (Å²) in [6, 6.07) is 11.7. The minimum atomic E-state index is 0.572. The van der Waals surface area contributed by atoms with Gasteiger partial charge in [-0.05, 0) is 25.1 Å². The number of methoxy groups -OCH3 is 1. The van der Waals surface area contributed by atoms with Gasteiger partial charge in [-0.25, -0.2) is 9.97 Å². The van der Waals surface area contributed by atoms with Crippen molar-refractivity contribution in [3.63, 3.8) is 0 Å². The molecule has 3 aromatic heterocycles. The van der Waals surface area contributed by atoms with Gasteiger partial charge >= 0.3 is 0 Å². The summed E-state index contributed by atoms with van der Waals surface area (Å²) in [6.07, 6.45) is 0. The van der Waals surface area contributed by atoms with Crippen LogP contribution in [-0.2, 0) is 0 Å². The van der Waals surface area contributed by atoms with Crippen molar-refractivity contribution in [3.05, 3.63) is 42.1 Å². The maximum atomic E-state index is 5.22. The number of ether oxygens (including phenoxy) is 1. The summed E-state index contributed by atoms with van der Waals surface area (Å²) in [5, 5.41) is 0. The van der Waals surface area contributed by atoms with Crippen molar-refractivity contribution >= 4 is 27.8 Å². The highest BCUT2D eigenvalue weighted by Gasteiger charge is 2.12. The monoisotopic (exact) mass is 264 g/mol. The average Bonchev–Trinajstić information content (AvgIpc) is 2.87. The molecule has 0 unspecified atom stereocenters. The van der Waals surface area contributed by atoms with Crippen LogP contribution in [0.15, 0.2) is 36.4 Å². The van der Waals surface area contributed by atoms with Crippen LogP contribution >= 0.6 is 0 Å². The predicted octanol–water partition coefficient (Wildman–Crippen LogP) is 2.75. The number of hydrogen-bond acceptors (Lipinski definition) is 4. The fraction of sp³-hybridized carbons (Fsp3) is 0.133. The lowest BCUT2D eigenvalue weighted by Crippen LogP contribution is -1.99. The van der Waals surface area contributed by atoms with E-state index in [9.17, 15) is 0 Å². The van der Waals surface area contributed by atoms with Gasteiger partial charge in [-0.15, -0.1) is 0 Å². The molecule has 0 aliphatic heterocycles. The molecule has 4 aromatic rings. The Hall–Kier alpha value is -2.69. The Morgan fingerprint density at radius 2 is 1.75 bits per heavy atom. The maximum Gasteiger partial charge on any atom is 0.215 e. The van der Waals surface area contributed by atoms with Crippen LogP contribution in [0.5, 0.6) is 5.88 Å². The van der Waals surface area contributed by atoms with Gasteiger partial charge in [0.2, 0.25) is 5.88 Å². The minimum Gasteiger partial charge on any atom is -0.481 e. The first-order chi connectivity index (χ1) is 9.78. The molecule has 0 fully saturated rings. The van der Waals surface area contributed by atoms with Crippen LogP contribution in [0.4, 0.5) is 0 Å². The van der Waals surface area contributed by atoms with Crippen molar-refractivity contribution in [2.24, 2.45) is 0 Å². The van der Waals surface area contributed by atoms with Gasteiger partial charge in [0.25, 0.3) is 0 Å². The quantitative estimate of drug-likeness (QED) is 0.530. The van der Waals surface area contributed by atoms with E-state index in [0.717, 1.165) is 33.5 Å². The molecule has 0 spiro atoms. The second-order valence-electron chi connectivity index (χ2n) is 4.65. The first-order valence-electron chi connectivity index (χ1n) is 6.36. The molecule has 0 aliphatic carbocycles. The smallest absolute Gasteiger partial charge is 0.215 e. The Bertz CT molecular complexity index is 958. The van der Waals surface area contributed by atoms with E-state index in [-0.39, 0.29) is 0 Å². The Labute approximate surface area is 114 Å². The molecule has 0 atom stereocenters. The molecular weight excluding hydrogens is 252 g/mol. The van der Waals surface area contributed by atoms with E-state index in [1.54, 1.807) is 7.11 Å². The maximum absolute atomic E-state index is 5.22. The summed E-state index contributed by atoms with van der Waals surface area (Å²) in [5.41, 5.74) is 5.28. The number of pyridine rings is 1. The van der Waals surface area contributed by atoms with Gasteiger partial charge in [0.05, 0.1) is 23.8 Å². The lowest BCUT2D eigenvalue weighted by Gasteiger charge is -2.06. The molecule has 0 bridgehead atoms. The molecule has 0 saturated carbocycles. The van der Waals surface area contributed by atoms with E-state index in [1.807, 2.05) is 47.7 Å². The van der Waals surface area contributed by atoms with Gasteiger partial charge in [0.15, 0.2) is 11.3 Å². The van der Waals surface area contributed by atoms with Crippen LogP contribution in [-0.4, -0.2) is 26.5 Å².